The first-order valence-corrected chi connectivity index (χ1v) is 7.43. The molecule has 1 unspecified atom stereocenters. The molecule has 1 aromatic carbocycles. The molecular weight excluding hydrogens is 266 g/mol. The van der Waals surface area contributed by atoms with E-state index in [1.165, 1.54) is 0 Å². The maximum atomic E-state index is 12.5. The van der Waals surface area contributed by atoms with E-state index in [0.717, 1.165) is 11.3 Å². The molecule has 21 heavy (non-hydrogen) atoms. The van der Waals surface area contributed by atoms with Crippen molar-refractivity contribution in [3.05, 3.63) is 29.8 Å². The maximum Gasteiger partial charge on any atom is 0.245 e. The van der Waals surface area contributed by atoms with Gasteiger partial charge in [-0.1, -0.05) is 18.2 Å². The number of hydrogen-bond donors (Lipinski definition) is 2. The highest BCUT2D eigenvalue weighted by molar-refractivity contribution is 5.90. The molecule has 0 saturated heterocycles. The molecule has 0 aromatic heterocycles. The first kappa shape index (κ1) is 15.4. The van der Waals surface area contributed by atoms with E-state index in [0.29, 0.717) is 13.0 Å². The molecular formula is C16H23N3O2. The Balaban J connectivity index is 1.97. The highest BCUT2D eigenvalue weighted by Gasteiger charge is 2.30. The number of likely N-dealkylation sites (N-methyl/N-ethyl adjacent to an activating group) is 1. The van der Waals surface area contributed by atoms with Gasteiger partial charge in [-0.15, -0.1) is 0 Å². The molecule has 114 valence electrons. The van der Waals surface area contributed by atoms with Gasteiger partial charge in [0.1, 0.15) is 6.04 Å². The van der Waals surface area contributed by atoms with Crippen molar-refractivity contribution in [3.8, 4) is 0 Å². The van der Waals surface area contributed by atoms with Crippen LogP contribution in [0.4, 0.5) is 5.69 Å². The zero-order chi connectivity index (χ0) is 15.4. The smallest absolute Gasteiger partial charge is 0.245 e. The number of nitrogens with zero attached hydrogens (tertiary/aromatic N) is 1. The fourth-order valence-electron chi connectivity index (χ4n) is 2.55. The molecule has 0 fully saturated rings. The third-order valence-electron chi connectivity index (χ3n) is 3.55. The van der Waals surface area contributed by atoms with Crippen LogP contribution < -0.4 is 10.6 Å². The average Bonchev–Trinajstić information content (AvgIpc) is 2.87. The van der Waals surface area contributed by atoms with Gasteiger partial charge in [0.05, 0.1) is 6.54 Å². The highest BCUT2D eigenvalue weighted by atomic mass is 16.2. The third kappa shape index (κ3) is 3.74. The number of carbonyl (C=O) groups excluding carboxylic acids is 2. The summed E-state index contributed by atoms with van der Waals surface area (Å²) >= 11 is 0. The van der Waals surface area contributed by atoms with Crippen molar-refractivity contribution in [2.75, 3.05) is 18.4 Å². The van der Waals surface area contributed by atoms with Gasteiger partial charge < -0.3 is 15.5 Å². The summed E-state index contributed by atoms with van der Waals surface area (Å²) in [6, 6.07) is 7.74. The minimum Gasteiger partial charge on any atom is -0.373 e. The van der Waals surface area contributed by atoms with Crippen LogP contribution in [0.1, 0.15) is 26.3 Å². The van der Waals surface area contributed by atoms with Crippen molar-refractivity contribution in [2.24, 2.45) is 0 Å². The predicted molar refractivity (Wildman–Crippen MR) is 83.1 cm³/mol. The summed E-state index contributed by atoms with van der Waals surface area (Å²) < 4.78 is 0. The van der Waals surface area contributed by atoms with Crippen LogP contribution in [0.5, 0.6) is 0 Å². The van der Waals surface area contributed by atoms with Crippen molar-refractivity contribution in [3.63, 3.8) is 0 Å². The van der Waals surface area contributed by atoms with Crippen LogP contribution in [0, 0.1) is 0 Å². The van der Waals surface area contributed by atoms with Gasteiger partial charge in [-0.05, 0) is 32.4 Å². The Kier molecular flexibility index (Phi) is 4.83. The van der Waals surface area contributed by atoms with Crippen molar-refractivity contribution >= 4 is 17.5 Å². The fourth-order valence-corrected chi connectivity index (χ4v) is 2.55. The summed E-state index contributed by atoms with van der Waals surface area (Å²) in [6.07, 6.45) is 0.678. The summed E-state index contributed by atoms with van der Waals surface area (Å²) in [7, 11) is 0. The van der Waals surface area contributed by atoms with Crippen molar-refractivity contribution in [1.82, 2.24) is 10.2 Å². The van der Waals surface area contributed by atoms with Gasteiger partial charge in [0, 0.05) is 24.7 Å². The lowest BCUT2D eigenvalue weighted by atomic mass is 10.1. The van der Waals surface area contributed by atoms with E-state index in [2.05, 4.69) is 10.6 Å². The molecule has 0 spiro atoms. The van der Waals surface area contributed by atoms with E-state index in [9.17, 15) is 9.59 Å². The molecule has 1 heterocycles. The number of amides is 2. The lowest BCUT2D eigenvalue weighted by Gasteiger charge is -2.24. The zero-order valence-corrected chi connectivity index (χ0v) is 12.8. The number of rotatable bonds is 5. The number of nitrogens with one attached hydrogen (secondary N) is 2. The van der Waals surface area contributed by atoms with Crippen LogP contribution in [0.2, 0.25) is 0 Å². The summed E-state index contributed by atoms with van der Waals surface area (Å²) in [4.78, 5) is 26.0. The van der Waals surface area contributed by atoms with Crippen molar-refractivity contribution in [2.45, 2.75) is 39.3 Å². The predicted octanol–water partition coefficient (Wildman–Crippen LogP) is 1.40. The molecule has 1 atom stereocenters. The average molecular weight is 289 g/mol. The SMILES string of the molecule is CCN(CC(=O)NC(C)C)C(=O)C1Cc2ccccc2N1. The van der Waals surface area contributed by atoms with Crippen LogP contribution >= 0.6 is 0 Å². The summed E-state index contributed by atoms with van der Waals surface area (Å²) in [5.74, 6) is -0.136. The highest BCUT2D eigenvalue weighted by Crippen LogP contribution is 2.25. The van der Waals surface area contributed by atoms with Gasteiger partial charge in [-0.3, -0.25) is 9.59 Å². The lowest BCUT2D eigenvalue weighted by Crippen LogP contribution is -2.47. The Hall–Kier alpha value is -2.04. The van der Waals surface area contributed by atoms with E-state index in [-0.39, 0.29) is 30.4 Å². The molecule has 0 aliphatic carbocycles. The Bertz CT molecular complexity index is 503. The number of benzene rings is 1. The molecule has 0 bridgehead atoms. The Morgan fingerprint density at radius 2 is 2.10 bits per heavy atom. The lowest BCUT2D eigenvalue weighted by molar-refractivity contribution is -0.136. The van der Waals surface area contributed by atoms with E-state index in [1.54, 1.807) is 4.90 Å². The standard InChI is InChI=1S/C16H23N3O2/c1-4-19(10-15(20)17-11(2)3)16(21)14-9-12-7-5-6-8-13(12)18-14/h5-8,11,14,18H,4,9-10H2,1-3H3,(H,17,20). The molecule has 5 heteroatoms. The molecule has 2 amide bonds. The third-order valence-corrected chi connectivity index (χ3v) is 3.55. The van der Waals surface area contributed by atoms with E-state index in [4.69, 9.17) is 0 Å². The first-order chi connectivity index (χ1) is 10.0. The van der Waals surface area contributed by atoms with E-state index >= 15 is 0 Å². The second-order valence-corrected chi connectivity index (χ2v) is 5.63. The molecule has 1 aliphatic rings. The van der Waals surface area contributed by atoms with E-state index < -0.39 is 0 Å². The molecule has 2 N–H and O–H groups in total. The Morgan fingerprint density at radius 1 is 1.38 bits per heavy atom. The number of anilines is 1. The number of carbonyl (C=O) groups is 2. The molecule has 5 nitrogen and oxygen atoms in total. The van der Waals surface area contributed by atoms with Gasteiger partial charge >= 0.3 is 0 Å². The van der Waals surface area contributed by atoms with Crippen LogP contribution in [0.15, 0.2) is 24.3 Å². The van der Waals surface area contributed by atoms with Crippen LogP contribution in [0.3, 0.4) is 0 Å². The Morgan fingerprint density at radius 3 is 2.71 bits per heavy atom. The minimum atomic E-state index is -0.269. The van der Waals surface area contributed by atoms with Crippen LogP contribution in [-0.2, 0) is 16.0 Å². The summed E-state index contributed by atoms with van der Waals surface area (Å²) in [5.41, 5.74) is 2.16. The normalized spacial score (nSPS) is 16.3. The monoisotopic (exact) mass is 289 g/mol. The molecule has 0 saturated carbocycles. The van der Waals surface area contributed by atoms with E-state index in [1.807, 2.05) is 45.0 Å². The fraction of sp³-hybridized carbons (Fsp3) is 0.500. The second kappa shape index (κ2) is 6.61. The van der Waals surface area contributed by atoms with Crippen molar-refractivity contribution in [1.29, 1.82) is 0 Å². The molecule has 2 rings (SSSR count). The number of hydrogen-bond acceptors (Lipinski definition) is 3. The van der Waals surface area contributed by atoms with Gasteiger partial charge in [0.25, 0.3) is 0 Å². The van der Waals surface area contributed by atoms with Crippen LogP contribution in [0.25, 0.3) is 0 Å². The Labute approximate surface area is 125 Å². The molecule has 1 aliphatic heterocycles. The maximum absolute atomic E-state index is 12.5. The van der Waals surface area contributed by atoms with Gasteiger partial charge in [0.2, 0.25) is 11.8 Å². The van der Waals surface area contributed by atoms with Crippen LogP contribution in [-0.4, -0.2) is 41.9 Å². The van der Waals surface area contributed by atoms with Crippen molar-refractivity contribution < 1.29 is 9.59 Å². The minimum absolute atomic E-state index is 0.0207. The second-order valence-electron chi connectivity index (χ2n) is 5.63. The zero-order valence-electron chi connectivity index (χ0n) is 12.8. The molecule has 1 aromatic rings. The summed E-state index contributed by atoms with van der Waals surface area (Å²) in [6.45, 7) is 6.35. The topological polar surface area (TPSA) is 61.4 Å². The van der Waals surface area contributed by atoms with Gasteiger partial charge in [-0.2, -0.15) is 0 Å². The number of fused-ring (bicyclic) bond motifs is 1. The largest absolute Gasteiger partial charge is 0.373 e. The molecule has 0 radical (unpaired) electrons. The summed E-state index contributed by atoms with van der Waals surface area (Å²) in [5, 5.41) is 6.06. The quantitative estimate of drug-likeness (QED) is 0.861. The number of para-hydroxylation sites is 1. The first-order valence-electron chi connectivity index (χ1n) is 7.43. The van der Waals surface area contributed by atoms with Gasteiger partial charge in [0.15, 0.2) is 0 Å². The van der Waals surface area contributed by atoms with Gasteiger partial charge in [-0.25, -0.2) is 0 Å².